The fraction of sp³-hybridized carbons (Fsp3) is 0.278. The van der Waals surface area contributed by atoms with Crippen LogP contribution >= 0.6 is 11.6 Å². The Bertz CT molecular complexity index is 1320. The summed E-state index contributed by atoms with van der Waals surface area (Å²) < 4.78 is 60.2. The van der Waals surface area contributed by atoms with Gasteiger partial charge in [-0.15, -0.1) is 0 Å². The molecular formula is C18H14ClF4N3O4. The third-order valence-corrected chi connectivity index (χ3v) is 4.74. The van der Waals surface area contributed by atoms with E-state index in [1.807, 2.05) is 0 Å². The van der Waals surface area contributed by atoms with Crippen LogP contribution in [0, 0.1) is 12.7 Å². The Balaban J connectivity index is 2.49. The van der Waals surface area contributed by atoms with Crippen LogP contribution in [0.5, 0.6) is 0 Å². The minimum Gasteiger partial charge on any atom is -0.458 e. The van der Waals surface area contributed by atoms with Crippen LogP contribution in [0.4, 0.5) is 17.6 Å². The first-order valence-electron chi connectivity index (χ1n) is 8.30. The lowest BCUT2D eigenvalue weighted by molar-refractivity contribution is -0.144. The topological polar surface area (TPSA) is 78.7 Å². The maximum Gasteiger partial charge on any atom is 0.431 e. The Morgan fingerprint density at radius 2 is 1.90 bits per heavy atom. The highest BCUT2D eigenvalue weighted by molar-refractivity contribution is 6.37. The van der Waals surface area contributed by atoms with Crippen molar-refractivity contribution in [1.82, 2.24) is 9.13 Å². The smallest absolute Gasteiger partial charge is 0.431 e. The van der Waals surface area contributed by atoms with E-state index in [2.05, 4.69) is 5.16 Å². The summed E-state index contributed by atoms with van der Waals surface area (Å²) in [6.45, 7) is 3.07. The number of aromatic nitrogens is 2. The molecular weight excluding hydrogens is 434 g/mol. The average Bonchev–Trinajstić information content (AvgIpc) is 2.97. The van der Waals surface area contributed by atoms with E-state index >= 15 is 0 Å². The van der Waals surface area contributed by atoms with Gasteiger partial charge in [-0.05, 0) is 19.9 Å². The van der Waals surface area contributed by atoms with E-state index in [9.17, 15) is 27.2 Å². The van der Waals surface area contributed by atoms with Gasteiger partial charge < -0.3 is 9.25 Å². The van der Waals surface area contributed by atoms with Crippen molar-refractivity contribution in [3.63, 3.8) is 0 Å². The number of benzene rings is 1. The number of rotatable bonds is 3. The van der Waals surface area contributed by atoms with Gasteiger partial charge in [0, 0.05) is 18.7 Å². The highest BCUT2D eigenvalue weighted by atomic mass is 35.5. The first-order valence-corrected chi connectivity index (χ1v) is 8.67. The second kappa shape index (κ2) is 7.31. The van der Waals surface area contributed by atoms with Crippen molar-refractivity contribution < 1.29 is 26.8 Å². The summed E-state index contributed by atoms with van der Waals surface area (Å²) in [5.74, 6) is -0.915. The lowest BCUT2D eigenvalue weighted by atomic mass is 10.1. The Hall–Kier alpha value is -3.08. The molecule has 30 heavy (non-hydrogen) atoms. The van der Waals surface area contributed by atoms with Crippen LogP contribution in [0.15, 0.2) is 31.3 Å². The third kappa shape index (κ3) is 3.28. The van der Waals surface area contributed by atoms with E-state index in [-0.39, 0.29) is 37.0 Å². The largest absolute Gasteiger partial charge is 0.458 e. The standard InChI is InChI=1S/C18H14ClF4N3O4/c1-7(24-29-4)13-8(2)30-16-14(13)9(19)5-10(20)15(16)26-12(27)6-11(18(21,22)23)25(3)17(26)28/h5-6H,1-4H3. The van der Waals surface area contributed by atoms with Crippen LogP contribution in [0.1, 0.15) is 23.9 Å². The van der Waals surface area contributed by atoms with E-state index in [1.165, 1.54) is 14.0 Å². The second-order valence-electron chi connectivity index (χ2n) is 6.33. The fourth-order valence-corrected chi connectivity index (χ4v) is 3.51. The quantitative estimate of drug-likeness (QED) is 0.348. The Kier molecular flexibility index (Phi) is 5.27. The van der Waals surface area contributed by atoms with Gasteiger partial charge in [0.05, 0.1) is 16.1 Å². The van der Waals surface area contributed by atoms with E-state index in [4.69, 9.17) is 20.9 Å². The molecule has 3 aromatic rings. The molecule has 1 aromatic carbocycles. The minimum absolute atomic E-state index is 0.111. The maximum absolute atomic E-state index is 14.9. The molecule has 0 saturated heterocycles. The van der Waals surface area contributed by atoms with Crippen molar-refractivity contribution in [2.75, 3.05) is 7.11 Å². The molecule has 3 rings (SSSR count). The van der Waals surface area contributed by atoms with E-state index in [1.54, 1.807) is 6.92 Å². The molecule has 0 spiro atoms. The predicted octanol–water partition coefficient (Wildman–Crippen LogP) is 3.77. The zero-order valence-corrected chi connectivity index (χ0v) is 16.8. The highest BCUT2D eigenvalue weighted by Gasteiger charge is 2.36. The average molecular weight is 448 g/mol. The number of furan rings is 1. The molecule has 0 saturated carbocycles. The Morgan fingerprint density at radius 1 is 1.27 bits per heavy atom. The van der Waals surface area contributed by atoms with Gasteiger partial charge in [-0.2, -0.15) is 13.2 Å². The number of hydrogen-bond donors (Lipinski definition) is 0. The predicted molar refractivity (Wildman–Crippen MR) is 101 cm³/mol. The summed E-state index contributed by atoms with van der Waals surface area (Å²) in [7, 11) is 2.12. The van der Waals surface area contributed by atoms with Gasteiger partial charge in [-0.25, -0.2) is 13.8 Å². The first-order chi connectivity index (χ1) is 13.9. The SMILES string of the molecule is CON=C(C)c1c(C)oc2c(-n3c(=O)cc(C(F)(F)F)n(C)c3=O)c(F)cc(Cl)c12. The van der Waals surface area contributed by atoms with E-state index in [0.717, 1.165) is 13.1 Å². The van der Waals surface area contributed by atoms with Crippen LogP contribution in [0.3, 0.4) is 0 Å². The molecule has 0 unspecified atom stereocenters. The number of alkyl halides is 3. The molecule has 2 aromatic heterocycles. The summed E-state index contributed by atoms with van der Waals surface area (Å²) in [6.07, 6.45) is -4.96. The molecule has 0 amide bonds. The lowest BCUT2D eigenvalue weighted by Crippen LogP contribution is -2.41. The zero-order chi connectivity index (χ0) is 22.5. The van der Waals surface area contributed by atoms with E-state index in [0.29, 0.717) is 11.3 Å². The van der Waals surface area contributed by atoms with Crippen molar-refractivity contribution in [3.05, 3.63) is 60.8 Å². The van der Waals surface area contributed by atoms with Crippen molar-refractivity contribution in [3.8, 4) is 5.69 Å². The molecule has 160 valence electrons. The number of aryl methyl sites for hydroxylation is 1. The summed E-state index contributed by atoms with van der Waals surface area (Å²) >= 11 is 6.17. The van der Waals surface area contributed by atoms with Gasteiger partial charge in [-0.3, -0.25) is 9.36 Å². The summed E-state index contributed by atoms with van der Waals surface area (Å²) in [4.78, 5) is 29.8. The van der Waals surface area contributed by atoms with Gasteiger partial charge >= 0.3 is 11.9 Å². The molecule has 0 aliphatic heterocycles. The van der Waals surface area contributed by atoms with Crippen LogP contribution in [0.2, 0.25) is 5.02 Å². The molecule has 0 N–H and O–H groups in total. The third-order valence-electron chi connectivity index (χ3n) is 4.44. The summed E-state index contributed by atoms with van der Waals surface area (Å²) in [5, 5.41) is 3.79. The minimum atomic E-state index is -4.96. The lowest BCUT2D eigenvalue weighted by Gasteiger charge is -2.14. The number of oxime groups is 1. The van der Waals surface area contributed by atoms with Crippen LogP contribution in [0.25, 0.3) is 16.7 Å². The second-order valence-corrected chi connectivity index (χ2v) is 6.74. The first kappa shape index (κ1) is 21.6. The molecule has 7 nitrogen and oxygen atoms in total. The molecule has 0 fully saturated rings. The molecule has 0 aliphatic carbocycles. The summed E-state index contributed by atoms with van der Waals surface area (Å²) in [5.41, 5.74) is -4.58. The number of fused-ring (bicyclic) bond motifs is 1. The van der Waals surface area contributed by atoms with Crippen molar-refractivity contribution in [2.24, 2.45) is 12.2 Å². The van der Waals surface area contributed by atoms with Gasteiger partial charge in [0.25, 0.3) is 5.56 Å². The van der Waals surface area contributed by atoms with Gasteiger partial charge in [0.2, 0.25) is 0 Å². The zero-order valence-electron chi connectivity index (χ0n) is 16.0. The molecule has 0 radical (unpaired) electrons. The number of halogens is 5. The van der Waals surface area contributed by atoms with Crippen molar-refractivity contribution in [1.29, 1.82) is 0 Å². The molecule has 0 atom stereocenters. The molecule has 0 bridgehead atoms. The normalized spacial score (nSPS) is 12.6. The van der Waals surface area contributed by atoms with Crippen molar-refractivity contribution >= 4 is 28.3 Å². The molecule has 2 heterocycles. The number of hydrogen-bond acceptors (Lipinski definition) is 5. The van der Waals surface area contributed by atoms with Gasteiger partial charge in [0.1, 0.15) is 24.3 Å². The van der Waals surface area contributed by atoms with Crippen LogP contribution in [-0.2, 0) is 18.1 Å². The summed E-state index contributed by atoms with van der Waals surface area (Å²) in [6, 6.07) is 1.04. The fourth-order valence-electron chi connectivity index (χ4n) is 3.23. The molecule has 12 heteroatoms. The maximum atomic E-state index is 14.9. The van der Waals surface area contributed by atoms with Gasteiger partial charge in [-0.1, -0.05) is 16.8 Å². The molecule has 0 aliphatic rings. The highest BCUT2D eigenvalue weighted by Crippen LogP contribution is 2.37. The van der Waals surface area contributed by atoms with Crippen molar-refractivity contribution in [2.45, 2.75) is 20.0 Å². The Labute approximate surface area is 170 Å². The monoisotopic (exact) mass is 447 g/mol. The van der Waals surface area contributed by atoms with Gasteiger partial charge in [0.15, 0.2) is 11.4 Å². The Morgan fingerprint density at radius 3 is 2.47 bits per heavy atom. The van der Waals surface area contributed by atoms with Crippen LogP contribution < -0.4 is 11.2 Å². The van der Waals surface area contributed by atoms with E-state index < -0.39 is 34.6 Å². The van der Waals surface area contributed by atoms with Crippen LogP contribution in [-0.4, -0.2) is 22.0 Å². The number of nitrogens with zero attached hydrogens (tertiary/aromatic N) is 3.